The van der Waals surface area contributed by atoms with E-state index < -0.39 is 0 Å². The van der Waals surface area contributed by atoms with Gasteiger partial charge in [0, 0.05) is 18.3 Å². The minimum atomic E-state index is 0.216. The van der Waals surface area contributed by atoms with E-state index in [0.29, 0.717) is 17.1 Å². The number of anilines is 2. The van der Waals surface area contributed by atoms with Gasteiger partial charge >= 0.3 is 0 Å². The summed E-state index contributed by atoms with van der Waals surface area (Å²) in [6.07, 6.45) is 0. The Morgan fingerprint density at radius 1 is 1.29 bits per heavy atom. The molecule has 110 valence electrons. The van der Waals surface area contributed by atoms with E-state index in [-0.39, 0.29) is 10.7 Å². The van der Waals surface area contributed by atoms with E-state index in [9.17, 15) is 5.11 Å². The molecule has 0 aliphatic carbocycles. The molecule has 0 bridgehead atoms. The number of phenolic OH excluding ortho intramolecular Hbond substituents is 1. The topological polar surface area (TPSA) is 49.5 Å². The maximum absolute atomic E-state index is 9.76. The number of rotatable bonds is 4. The molecule has 0 fully saturated rings. The maximum Gasteiger partial charge on any atom is 0.117 e. The van der Waals surface area contributed by atoms with Crippen LogP contribution in [0.15, 0.2) is 36.4 Å². The number of phenols is 1. The zero-order valence-corrected chi connectivity index (χ0v) is 13.5. The standard InChI is InChI=1S/C16H17ClN2OS/c1-3-19(14-9-11(20)8-7-10(14)2)13-6-4-5-12(17)15(13)16(18)21/h4-9,20H,3H2,1-2H3,(H2,18,21). The highest BCUT2D eigenvalue weighted by Gasteiger charge is 2.17. The second-order valence-electron chi connectivity index (χ2n) is 4.71. The van der Waals surface area contributed by atoms with Crippen LogP contribution >= 0.6 is 23.8 Å². The number of benzene rings is 2. The number of nitrogens with two attached hydrogens (primary N) is 1. The van der Waals surface area contributed by atoms with Gasteiger partial charge in [0.1, 0.15) is 10.7 Å². The molecule has 0 amide bonds. The second kappa shape index (κ2) is 6.33. The Balaban J connectivity index is 2.65. The summed E-state index contributed by atoms with van der Waals surface area (Å²) in [5.74, 6) is 0.216. The third-order valence-corrected chi connectivity index (χ3v) is 3.85. The van der Waals surface area contributed by atoms with Crippen LogP contribution in [0.25, 0.3) is 0 Å². The van der Waals surface area contributed by atoms with Crippen LogP contribution in [0.4, 0.5) is 11.4 Å². The first-order valence-electron chi connectivity index (χ1n) is 6.61. The Labute approximate surface area is 135 Å². The quantitative estimate of drug-likeness (QED) is 0.831. The van der Waals surface area contributed by atoms with Crippen LogP contribution in [-0.2, 0) is 0 Å². The molecule has 2 rings (SSSR count). The van der Waals surface area contributed by atoms with E-state index in [4.69, 9.17) is 29.6 Å². The summed E-state index contributed by atoms with van der Waals surface area (Å²) < 4.78 is 0. The van der Waals surface area contributed by atoms with Crippen molar-refractivity contribution in [1.29, 1.82) is 0 Å². The fourth-order valence-electron chi connectivity index (χ4n) is 2.34. The Morgan fingerprint density at radius 3 is 2.62 bits per heavy atom. The summed E-state index contributed by atoms with van der Waals surface area (Å²) in [5.41, 5.74) is 9.26. The smallest absolute Gasteiger partial charge is 0.117 e. The molecule has 0 aliphatic heterocycles. The average Bonchev–Trinajstić information content (AvgIpc) is 2.43. The van der Waals surface area contributed by atoms with Gasteiger partial charge in [0.25, 0.3) is 0 Å². The van der Waals surface area contributed by atoms with Gasteiger partial charge in [0.15, 0.2) is 0 Å². The molecule has 0 unspecified atom stereocenters. The molecule has 0 saturated heterocycles. The highest BCUT2D eigenvalue weighted by Crippen LogP contribution is 2.35. The molecule has 2 aromatic carbocycles. The fourth-order valence-corrected chi connectivity index (χ4v) is 2.88. The van der Waals surface area contributed by atoms with Crippen molar-refractivity contribution in [2.45, 2.75) is 13.8 Å². The summed E-state index contributed by atoms with van der Waals surface area (Å²) >= 11 is 11.4. The van der Waals surface area contributed by atoms with Gasteiger partial charge in [0.05, 0.1) is 16.3 Å². The zero-order chi connectivity index (χ0) is 15.6. The number of halogens is 1. The lowest BCUT2D eigenvalue weighted by Gasteiger charge is -2.27. The largest absolute Gasteiger partial charge is 0.508 e. The van der Waals surface area contributed by atoms with Gasteiger partial charge in [-0.1, -0.05) is 36.0 Å². The predicted molar refractivity (Wildman–Crippen MR) is 92.9 cm³/mol. The molecule has 0 atom stereocenters. The van der Waals surface area contributed by atoms with Crippen LogP contribution in [-0.4, -0.2) is 16.6 Å². The van der Waals surface area contributed by atoms with Gasteiger partial charge in [-0.15, -0.1) is 0 Å². The lowest BCUT2D eigenvalue weighted by atomic mass is 10.1. The van der Waals surface area contributed by atoms with Crippen molar-refractivity contribution >= 4 is 40.2 Å². The van der Waals surface area contributed by atoms with E-state index in [1.165, 1.54) is 0 Å². The molecule has 5 heteroatoms. The molecule has 3 N–H and O–H groups in total. The van der Waals surface area contributed by atoms with Crippen molar-refractivity contribution in [3.63, 3.8) is 0 Å². The lowest BCUT2D eigenvalue weighted by Crippen LogP contribution is -2.22. The van der Waals surface area contributed by atoms with Crippen LogP contribution in [0.2, 0.25) is 5.02 Å². The number of aryl methyl sites for hydroxylation is 1. The first kappa shape index (κ1) is 15.6. The van der Waals surface area contributed by atoms with Gasteiger partial charge in [-0.25, -0.2) is 0 Å². The Hall–Kier alpha value is -1.78. The van der Waals surface area contributed by atoms with Crippen molar-refractivity contribution in [1.82, 2.24) is 0 Å². The Morgan fingerprint density at radius 2 is 2.00 bits per heavy atom. The highest BCUT2D eigenvalue weighted by molar-refractivity contribution is 7.80. The molecule has 21 heavy (non-hydrogen) atoms. The summed E-state index contributed by atoms with van der Waals surface area (Å²) in [6.45, 7) is 4.70. The zero-order valence-electron chi connectivity index (χ0n) is 11.9. The summed E-state index contributed by atoms with van der Waals surface area (Å²) in [5, 5.41) is 10.3. The first-order chi connectivity index (χ1) is 9.95. The molecule has 0 spiro atoms. The Kier molecular flexibility index (Phi) is 4.70. The van der Waals surface area contributed by atoms with Crippen LogP contribution < -0.4 is 10.6 Å². The van der Waals surface area contributed by atoms with Gasteiger partial charge in [-0.05, 0) is 37.6 Å². The number of hydrogen-bond acceptors (Lipinski definition) is 3. The molecular formula is C16H17ClN2OS. The van der Waals surface area contributed by atoms with Gasteiger partial charge in [-0.3, -0.25) is 0 Å². The maximum atomic E-state index is 9.76. The number of thiocarbonyl (C=S) groups is 1. The minimum absolute atomic E-state index is 0.216. The van der Waals surface area contributed by atoms with Crippen molar-refractivity contribution in [2.24, 2.45) is 5.73 Å². The number of aromatic hydroxyl groups is 1. The van der Waals surface area contributed by atoms with E-state index in [0.717, 1.165) is 16.9 Å². The third kappa shape index (κ3) is 3.12. The Bertz CT molecular complexity index is 688. The lowest BCUT2D eigenvalue weighted by molar-refractivity contribution is 0.475. The molecule has 0 heterocycles. The first-order valence-corrected chi connectivity index (χ1v) is 7.39. The van der Waals surface area contributed by atoms with Gasteiger partial charge in [0.2, 0.25) is 0 Å². The second-order valence-corrected chi connectivity index (χ2v) is 5.56. The summed E-state index contributed by atoms with van der Waals surface area (Å²) in [7, 11) is 0. The van der Waals surface area contributed by atoms with Crippen molar-refractivity contribution in [3.8, 4) is 5.75 Å². The minimum Gasteiger partial charge on any atom is -0.508 e. The number of hydrogen-bond donors (Lipinski definition) is 2. The predicted octanol–water partition coefficient (Wildman–Crippen LogP) is 4.15. The molecule has 0 aromatic heterocycles. The van der Waals surface area contributed by atoms with E-state index >= 15 is 0 Å². The van der Waals surface area contributed by atoms with Crippen LogP contribution in [0, 0.1) is 6.92 Å². The van der Waals surface area contributed by atoms with Crippen LogP contribution in [0.1, 0.15) is 18.1 Å². The third-order valence-electron chi connectivity index (χ3n) is 3.33. The molecule has 3 nitrogen and oxygen atoms in total. The van der Waals surface area contributed by atoms with Crippen molar-refractivity contribution in [2.75, 3.05) is 11.4 Å². The summed E-state index contributed by atoms with van der Waals surface area (Å²) in [6, 6.07) is 10.8. The highest BCUT2D eigenvalue weighted by atomic mass is 35.5. The SMILES string of the molecule is CCN(c1cc(O)ccc1C)c1cccc(Cl)c1C(N)=S. The molecule has 0 aliphatic rings. The monoisotopic (exact) mass is 320 g/mol. The van der Waals surface area contributed by atoms with E-state index in [1.807, 2.05) is 36.9 Å². The molecular weight excluding hydrogens is 304 g/mol. The van der Waals surface area contributed by atoms with Gasteiger partial charge < -0.3 is 15.7 Å². The summed E-state index contributed by atoms with van der Waals surface area (Å²) in [4.78, 5) is 2.29. The number of nitrogens with zero attached hydrogens (tertiary/aromatic N) is 1. The normalized spacial score (nSPS) is 10.4. The van der Waals surface area contributed by atoms with E-state index in [1.54, 1.807) is 18.2 Å². The fraction of sp³-hybridized carbons (Fsp3) is 0.188. The average molecular weight is 321 g/mol. The van der Waals surface area contributed by atoms with Crippen molar-refractivity contribution in [3.05, 3.63) is 52.5 Å². The van der Waals surface area contributed by atoms with Crippen molar-refractivity contribution < 1.29 is 5.11 Å². The van der Waals surface area contributed by atoms with Gasteiger partial charge in [-0.2, -0.15) is 0 Å². The molecule has 2 aromatic rings. The van der Waals surface area contributed by atoms with Crippen LogP contribution in [0.5, 0.6) is 5.75 Å². The van der Waals surface area contributed by atoms with E-state index in [2.05, 4.69) is 0 Å². The molecule has 0 radical (unpaired) electrons. The molecule has 0 saturated carbocycles. The van der Waals surface area contributed by atoms with Crippen LogP contribution in [0.3, 0.4) is 0 Å².